The Morgan fingerprint density at radius 2 is 1.89 bits per heavy atom. The van der Waals surface area contributed by atoms with E-state index < -0.39 is 60.8 Å². The highest BCUT2D eigenvalue weighted by atomic mass is 16.8. The molecule has 0 amide bonds. The normalized spacial score (nSPS) is 40.0. The second-order valence-electron chi connectivity index (χ2n) is 6.75. The molecule has 1 fully saturated rings. The molecule has 3 rings (SSSR count). The zero-order valence-corrected chi connectivity index (χ0v) is 14.9. The first kappa shape index (κ1) is 20.7. The number of aliphatic carboxylic acids is 1. The Morgan fingerprint density at radius 1 is 1.18 bits per heavy atom. The van der Waals surface area contributed by atoms with Crippen molar-refractivity contribution in [2.24, 2.45) is 11.8 Å². The topological polar surface area (TPSA) is 172 Å². The highest BCUT2D eigenvalue weighted by Gasteiger charge is 2.51. The largest absolute Gasteiger partial charge is 0.479 e. The number of carbonyl (C=O) groups excluding carboxylic acids is 1. The molecular weight excluding hydrogens is 380 g/mol. The van der Waals surface area contributed by atoms with Gasteiger partial charge in [0.05, 0.1) is 31.5 Å². The van der Waals surface area contributed by atoms with E-state index in [2.05, 4.69) is 0 Å². The predicted molar refractivity (Wildman–Crippen MR) is 87.1 cm³/mol. The van der Waals surface area contributed by atoms with Crippen LogP contribution in [0, 0.1) is 11.8 Å². The quantitative estimate of drug-likeness (QED) is 0.251. The number of rotatable bonds is 5. The number of hydrogen-bond donors (Lipinski definition) is 5. The van der Waals surface area contributed by atoms with Crippen molar-refractivity contribution in [1.29, 1.82) is 0 Å². The fourth-order valence-electron chi connectivity index (χ4n) is 3.72. The van der Waals surface area contributed by atoms with Gasteiger partial charge in [-0.15, -0.1) is 0 Å². The van der Waals surface area contributed by atoms with Crippen LogP contribution in [0.1, 0.15) is 6.42 Å². The van der Waals surface area contributed by atoms with Crippen LogP contribution in [0.2, 0.25) is 0 Å². The number of allylic oxidation sites excluding steroid dienone is 1. The van der Waals surface area contributed by atoms with Crippen LogP contribution < -0.4 is 0 Å². The van der Waals surface area contributed by atoms with E-state index in [1.165, 1.54) is 7.11 Å². The number of esters is 1. The van der Waals surface area contributed by atoms with E-state index in [4.69, 9.17) is 24.1 Å². The molecule has 1 aliphatic carbocycles. The van der Waals surface area contributed by atoms with E-state index >= 15 is 0 Å². The van der Waals surface area contributed by atoms with Crippen LogP contribution in [-0.4, -0.2) is 88.2 Å². The minimum atomic E-state index is -1.85. The zero-order valence-electron chi connectivity index (χ0n) is 14.9. The maximum absolute atomic E-state index is 12.0. The number of carbonyl (C=O) groups is 2. The van der Waals surface area contributed by atoms with Gasteiger partial charge in [0.1, 0.15) is 18.3 Å². The Labute approximate surface area is 159 Å². The van der Waals surface area contributed by atoms with E-state index in [0.717, 1.165) is 6.26 Å². The highest BCUT2D eigenvalue weighted by molar-refractivity contribution is 5.89. The molecule has 2 heterocycles. The molecule has 3 unspecified atom stereocenters. The molecule has 8 atom stereocenters. The Balaban J connectivity index is 1.82. The summed E-state index contributed by atoms with van der Waals surface area (Å²) in [6.45, 7) is -0.327. The minimum absolute atomic E-state index is 0.246. The zero-order chi connectivity index (χ0) is 20.6. The second kappa shape index (κ2) is 8.15. The fourth-order valence-corrected chi connectivity index (χ4v) is 3.72. The number of methoxy groups -OCH3 is 1. The lowest BCUT2D eigenvalue weighted by Gasteiger charge is -2.42. The van der Waals surface area contributed by atoms with Crippen molar-refractivity contribution >= 4 is 11.9 Å². The van der Waals surface area contributed by atoms with Gasteiger partial charge in [0.2, 0.25) is 6.29 Å². The third-order valence-corrected chi connectivity index (χ3v) is 5.20. The summed E-state index contributed by atoms with van der Waals surface area (Å²) in [5.41, 5.74) is 0.779. The molecule has 5 N–H and O–H groups in total. The summed E-state index contributed by atoms with van der Waals surface area (Å²) >= 11 is 0. The van der Waals surface area contributed by atoms with Crippen LogP contribution in [0.15, 0.2) is 23.5 Å². The Kier molecular flexibility index (Phi) is 6.03. The first-order valence-electron chi connectivity index (χ1n) is 8.61. The number of fused-ring (bicyclic) bond motifs is 1. The van der Waals surface area contributed by atoms with Gasteiger partial charge < -0.3 is 44.5 Å². The van der Waals surface area contributed by atoms with Gasteiger partial charge in [-0.2, -0.15) is 0 Å². The van der Waals surface area contributed by atoms with Crippen molar-refractivity contribution in [3.63, 3.8) is 0 Å². The average molecular weight is 402 g/mol. The van der Waals surface area contributed by atoms with Gasteiger partial charge >= 0.3 is 11.9 Å². The number of carboxylic acid groups (broad SMARTS) is 1. The van der Waals surface area contributed by atoms with E-state index in [0.29, 0.717) is 12.0 Å². The van der Waals surface area contributed by atoms with Crippen molar-refractivity contribution in [1.82, 2.24) is 0 Å². The third kappa shape index (κ3) is 3.52. The van der Waals surface area contributed by atoms with E-state index in [-0.39, 0.29) is 12.2 Å². The van der Waals surface area contributed by atoms with Gasteiger partial charge in [-0.3, -0.25) is 0 Å². The molecule has 156 valence electrons. The second-order valence-corrected chi connectivity index (χ2v) is 6.75. The molecule has 0 saturated carbocycles. The summed E-state index contributed by atoms with van der Waals surface area (Å²) in [5, 5.41) is 48.5. The summed E-state index contributed by atoms with van der Waals surface area (Å²) in [6, 6.07) is 0. The van der Waals surface area contributed by atoms with Gasteiger partial charge in [0.15, 0.2) is 12.4 Å². The molecule has 11 nitrogen and oxygen atoms in total. The van der Waals surface area contributed by atoms with Crippen molar-refractivity contribution in [2.45, 2.75) is 43.4 Å². The summed E-state index contributed by atoms with van der Waals surface area (Å²) in [4.78, 5) is 23.2. The van der Waals surface area contributed by atoms with E-state index in [1.807, 2.05) is 0 Å². The number of ether oxygens (including phenoxy) is 4. The van der Waals surface area contributed by atoms with Crippen LogP contribution in [0.25, 0.3) is 0 Å². The van der Waals surface area contributed by atoms with Gasteiger partial charge in [0.25, 0.3) is 0 Å². The first-order chi connectivity index (χ1) is 13.3. The highest BCUT2D eigenvalue weighted by Crippen LogP contribution is 2.44. The van der Waals surface area contributed by atoms with Crippen LogP contribution >= 0.6 is 0 Å². The molecule has 1 saturated heterocycles. The van der Waals surface area contributed by atoms with Crippen LogP contribution in [0.4, 0.5) is 0 Å². The Morgan fingerprint density at radius 3 is 2.50 bits per heavy atom. The smallest absolute Gasteiger partial charge is 0.337 e. The average Bonchev–Trinajstić information content (AvgIpc) is 3.12. The van der Waals surface area contributed by atoms with E-state index in [9.17, 15) is 30.0 Å². The third-order valence-electron chi connectivity index (χ3n) is 5.20. The summed E-state index contributed by atoms with van der Waals surface area (Å²) < 4.78 is 20.9. The molecule has 11 heteroatoms. The minimum Gasteiger partial charge on any atom is -0.479 e. The molecule has 0 aromatic rings. The molecular formula is C17H22O11. The van der Waals surface area contributed by atoms with Crippen molar-refractivity contribution in [3.05, 3.63) is 23.5 Å². The predicted octanol–water partition coefficient (Wildman–Crippen LogP) is -2.14. The van der Waals surface area contributed by atoms with Crippen molar-refractivity contribution < 1.29 is 54.1 Å². The standard InChI is InChI=1S/C17H22O11/c1-25-15(24)8-5-26-16(9-6(4-18)2-3-7(8)9)28-17-12(21)10(19)11(20)13(27-17)14(22)23/h2,5,7,9-13,16-21H,3-4H2,1H3,(H,22,23)/t7?,9?,10-,11-,12+,13-,16?,17-/m0/s1. The Bertz CT molecular complexity index is 687. The monoisotopic (exact) mass is 402 g/mol. The fraction of sp³-hybridized carbons (Fsp3) is 0.647. The molecule has 0 spiro atoms. The molecule has 0 radical (unpaired) electrons. The lowest BCUT2D eigenvalue weighted by Crippen LogP contribution is -2.61. The molecule has 0 bridgehead atoms. The van der Waals surface area contributed by atoms with Gasteiger partial charge in [-0.25, -0.2) is 9.59 Å². The first-order valence-corrected chi connectivity index (χ1v) is 8.61. The number of aliphatic hydroxyl groups is 4. The molecule has 28 heavy (non-hydrogen) atoms. The van der Waals surface area contributed by atoms with Crippen LogP contribution in [-0.2, 0) is 28.5 Å². The lowest BCUT2D eigenvalue weighted by atomic mass is 9.83. The molecule has 0 aromatic carbocycles. The SMILES string of the molecule is COC(=O)C1=COC(O[C@@H]2O[C@H](C(=O)O)[C@@H](O)[C@H](O)[C@H]2O)C2C(CO)=CCC12. The summed E-state index contributed by atoms with van der Waals surface area (Å²) in [7, 11) is 1.22. The summed E-state index contributed by atoms with van der Waals surface area (Å²) in [5.74, 6) is -3.18. The van der Waals surface area contributed by atoms with Gasteiger partial charge in [0, 0.05) is 5.92 Å². The van der Waals surface area contributed by atoms with Gasteiger partial charge in [-0.05, 0) is 12.0 Å². The maximum atomic E-state index is 12.0. The molecule has 3 aliphatic rings. The van der Waals surface area contributed by atoms with E-state index in [1.54, 1.807) is 6.08 Å². The van der Waals surface area contributed by atoms with Crippen LogP contribution in [0.5, 0.6) is 0 Å². The lowest BCUT2D eigenvalue weighted by molar-refractivity contribution is -0.333. The molecule has 0 aromatic heterocycles. The number of hydrogen-bond acceptors (Lipinski definition) is 10. The maximum Gasteiger partial charge on any atom is 0.337 e. The van der Waals surface area contributed by atoms with Crippen LogP contribution in [0.3, 0.4) is 0 Å². The molecule has 2 aliphatic heterocycles. The van der Waals surface area contributed by atoms with Crippen molar-refractivity contribution in [2.75, 3.05) is 13.7 Å². The number of aliphatic hydroxyl groups excluding tert-OH is 4. The number of carboxylic acids is 1. The Hall–Kier alpha value is -2.02. The van der Waals surface area contributed by atoms with Crippen molar-refractivity contribution in [3.8, 4) is 0 Å². The summed E-state index contributed by atoms with van der Waals surface area (Å²) in [6.07, 6.45) is -6.71. The van der Waals surface area contributed by atoms with Gasteiger partial charge in [-0.1, -0.05) is 6.08 Å².